The van der Waals surface area contributed by atoms with Crippen LogP contribution in [0.3, 0.4) is 0 Å². The van der Waals surface area contributed by atoms with E-state index in [1.54, 1.807) is 31.7 Å². The average Bonchev–Trinajstić information content (AvgIpc) is 3.92. The molecule has 2 aliphatic carbocycles. The van der Waals surface area contributed by atoms with Gasteiger partial charge in [-0.2, -0.15) is 0 Å². The third-order valence-electron chi connectivity index (χ3n) is 11.0. The van der Waals surface area contributed by atoms with E-state index in [0.29, 0.717) is 45.2 Å². The first kappa shape index (κ1) is 39.5. The Bertz CT molecular complexity index is 1800. The van der Waals surface area contributed by atoms with Gasteiger partial charge >= 0.3 is 12.1 Å². The minimum absolute atomic E-state index is 0.0589. The normalized spacial score (nSPS) is 28.0. The van der Waals surface area contributed by atoms with Crippen LogP contribution >= 0.6 is 0 Å². The van der Waals surface area contributed by atoms with Gasteiger partial charge in [-0.3, -0.25) is 28.8 Å². The quantitative estimate of drug-likeness (QED) is 0.293. The maximum atomic E-state index is 14.5. The fraction of sp³-hybridized carbons (Fsp3) is 0.641. The van der Waals surface area contributed by atoms with Crippen LogP contribution in [0.15, 0.2) is 42.1 Å². The van der Waals surface area contributed by atoms with Crippen molar-refractivity contribution in [2.45, 2.75) is 126 Å². The Kier molecular flexibility index (Phi) is 11.3. The maximum absolute atomic E-state index is 14.5. The van der Waals surface area contributed by atoms with E-state index < -0.39 is 79.7 Å². The molecule has 0 radical (unpaired) electrons. The lowest BCUT2D eigenvalue weighted by Crippen LogP contribution is -2.58. The third-order valence-corrected chi connectivity index (χ3v) is 13.1. The third kappa shape index (κ3) is 8.68. The molecule has 294 valence electrons. The molecular weight excluding hydrogens is 717 g/mol. The van der Waals surface area contributed by atoms with Gasteiger partial charge in [0.05, 0.1) is 19.6 Å². The number of hydrogen-bond acceptors (Lipinski definition) is 10. The van der Waals surface area contributed by atoms with E-state index in [-0.39, 0.29) is 32.4 Å². The van der Waals surface area contributed by atoms with Gasteiger partial charge in [0.2, 0.25) is 21.8 Å². The zero-order valence-electron chi connectivity index (χ0n) is 31.6. The standard InChI is InChI=1S/C39H52N4O10S/c1-37(2,3)53-32(44)19-26-13-9-7-5-6-8-10-16-29-21-39(29,35(47)41-54(49,50)38(17-18-38)25-51-4)40-33(45)31-20-30(24-43(31)34(26)46)52-36(48)42-22-27-14-11-12-15-28(27)23-42/h8,11-12,14-16,26,29-31H,5-7,9,13,17-25H2,1-4H3,(H,40,45)(H,41,47)/t10?,26-,29-,30-,31+,39-/m1/s1. The van der Waals surface area contributed by atoms with Crippen LogP contribution in [0.4, 0.5) is 4.79 Å². The first-order valence-electron chi connectivity index (χ1n) is 18.9. The van der Waals surface area contributed by atoms with Gasteiger partial charge in [-0.15, -0.1) is 5.73 Å². The zero-order valence-corrected chi connectivity index (χ0v) is 32.4. The molecular formula is C39H52N4O10S. The summed E-state index contributed by atoms with van der Waals surface area (Å²) in [6.45, 7) is 5.79. The van der Waals surface area contributed by atoms with Crippen LogP contribution in [-0.4, -0.2) is 96.3 Å². The number of methoxy groups -OCH3 is 1. The van der Waals surface area contributed by atoms with Crippen LogP contribution in [0.25, 0.3) is 0 Å². The van der Waals surface area contributed by atoms with Crippen molar-refractivity contribution >= 4 is 39.8 Å². The number of nitrogens with zero attached hydrogens (tertiary/aromatic N) is 2. The molecule has 0 unspecified atom stereocenters. The second-order valence-electron chi connectivity index (χ2n) is 16.4. The molecule has 14 nitrogen and oxygen atoms in total. The molecule has 3 heterocycles. The van der Waals surface area contributed by atoms with Crippen molar-refractivity contribution in [1.82, 2.24) is 19.8 Å². The number of hydrogen-bond donors (Lipinski definition) is 2. The van der Waals surface area contributed by atoms with Gasteiger partial charge in [-0.25, -0.2) is 13.2 Å². The zero-order chi connectivity index (χ0) is 38.9. The van der Waals surface area contributed by atoms with Crippen LogP contribution < -0.4 is 10.0 Å². The molecule has 1 aromatic carbocycles. The van der Waals surface area contributed by atoms with Crippen molar-refractivity contribution in [3.63, 3.8) is 0 Å². The number of fused-ring (bicyclic) bond motifs is 3. The van der Waals surface area contributed by atoms with E-state index in [9.17, 15) is 32.4 Å². The van der Waals surface area contributed by atoms with Gasteiger partial charge < -0.3 is 24.4 Å². The van der Waals surface area contributed by atoms with Gasteiger partial charge in [0.1, 0.15) is 28.0 Å². The molecule has 1 aromatic rings. The molecule has 5 aliphatic rings. The molecule has 54 heavy (non-hydrogen) atoms. The van der Waals surface area contributed by atoms with Crippen molar-refractivity contribution in [3.8, 4) is 0 Å². The minimum Gasteiger partial charge on any atom is -0.460 e. The van der Waals surface area contributed by atoms with E-state index in [0.717, 1.165) is 24.0 Å². The van der Waals surface area contributed by atoms with Crippen molar-refractivity contribution in [2.24, 2.45) is 11.8 Å². The predicted molar refractivity (Wildman–Crippen MR) is 196 cm³/mol. The van der Waals surface area contributed by atoms with E-state index in [4.69, 9.17) is 14.2 Å². The number of benzene rings is 1. The summed E-state index contributed by atoms with van der Waals surface area (Å²) in [7, 11) is -2.76. The molecule has 2 saturated carbocycles. The van der Waals surface area contributed by atoms with Crippen molar-refractivity contribution in [3.05, 3.63) is 53.3 Å². The van der Waals surface area contributed by atoms with Crippen LogP contribution in [0.2, 0.25) is 0 Å². The molecule has 3 fully saturated rings. The summed E-state index contributed by atoms with van der Waals surface area (Å²) >= 11 is 0. The number of carbonyl (C=O) groups excluding carboxylic acids is 5. The lowest BCUT2D eigenvalue weighted by molar-refractivity contribution is -0.159. The fourth-order valence-electron chi connectivity index (χ4n) is 7.74. The largest absolute Gasteiger partial charge is 0.460 e. The Morgan fingerprint density at radius 2 is 1.76 bits per heavy atom. The summed E-state index contributed by atoms with van der Waals surface area (Å²) in [4.78, 5) is 72.2. The highest BCUT2D eigenvalue weighted by Crippen LogP contribution is 2.47. The van der Waals surface area contributed by atoms with Crippen molar-refractivity contribution in [1.29, 1.82) is 0 Å². The van der Waals surface area contributed by atoms with E-state index in [1.165, 1.54) is 12.0 Å². The molecule has 1 saturated heterocycles. The Morgan fingerprint density at radius 1 is 1.06 bits per heavy atom. The summed E-state index contributed by atoms with van der Waals surface area (Å²) in [5.74, 6) is -3.94. The number of amides is 4. The molecule has 3 aliphatic heterocycles. The average molecular weight is 769 g/mol. The van der Waals surface area contributed by atoms with Crippen LogP contribution in [0, 0.1) is 11.8 Å². The minimum atomic E-state index is -4.16. The molecule has 2 N–H and O–H groups in total. The fourth-order valence-corrected chi connectivity index (χ4v) is 9.29. The van der Waals surface area contributed by atoms with E-state index >= 15 is 0 Å². The Morgan fingerprint density at radius 3 is 2.41 bits per heavy atom. The number of rotatable bonds is 8. The van der Waals surface area contributed by atoms with Gasteiger partial charge in [-0.1, -0.05) is 37.1 Å². The van der Waals surface area contributed by atoms with Crippen molar-refractivity contribution < 1.29 is 46.6 Å². The number of sulfonamides is 1. The van der Waals surface area contributed by atoms with Crippen molar-refractivity contribution in [2.75, 3.05) is 20.3 Å². The smallest absolute Gasteiger partial charge is 0.410 e. The molecule has 0 spiro atoms. The van der Waals surface area contributed by atoms with Crippen LogP contribution in [-0.2, 0) is 56.5 Å². The highest BCUT2D eigenvalue weighted by molar-refractivity contribution is 7.91. The van der Waals surface area contributed by atoms with E-state index in [2.05, 4.69) is 15.8 Å². The highest BCUT2D eigenvalue weighted by atomic mass is 32.2. The molecule has 6 rings (SSSR count). The van der Waals surface area contributed by atoms with Crippen LogP contribution in [0.5, 0.6) is 0 Å². The highest BCUT2D eigenvalue weighted by Gasteiger charge is 2.64. The van der Waals surface area contributed by atoms with Crippen LogP contribution in [0.1, 0.15) is 96.1 Å². The summed E-state index contributed by atoms with van der Waals surface area (Å²) in [5.41, 5.74) is 2.74. The topological polar surface area (TPSA) is 178 Å². The lowest BCUT2D eigenvalue weighted by Gasteiger charge is -2.30. The van der Waals surface area contributed by atoms with Gasteiger partial charge in [0, 0.05) is 38.5 Å². The summed E-state index contributed by atoms with van der Waals surface area (Å²) < 4.78 is 44.5. The molecule has 0 bridgehead atoms. The van der Waals surface area contributed by atoms with Gasteiger partial charge in [0.25, 0.3) is 5.91 Å². The van der Waals surface area contributed by atoms with E-state index in [1.807, 2.05) is 30.3 Å². The van der Waals surface area contributed by atoms with Gasteiger partial charge in [0.15, 0.2) is 0 Å². The summed E-state index contributed by atoms with van der Waals surface area (Å²) in [6, 6.07) is 6.52. The number of esters is 1. The number of carbonyl (C=O) groups is 5. The molecule has 0 aromatic heterocycles. The second kappa shape index (κ2) is 15.5. The molecule has 5 atom stereocenters. The lowest BCUT2D eigenvalue weighted by atomic mass is 9.95. The monoisotopic (exact) mass is 768 g/mol. The Hall–Kier alpha value is -4.20. The second-order valence-corrected chi connectivity index (χ2v) is 18.4. The Balaban J connectivity index is 1.27. The van der Waals surface area contributed by atoms with Gasteiger partial charge in [-0.05, 0) is 82.6 Å². The summed E-state index contributed by atoms with van der Waals surface area (Å²) in [6.07, 6.45) is 5.86. The predicted octanol–water partition coefficient (Wildman–Crippen LogP) is 3.63. The first-order valence-corrected chi connectivity index (χ1v) is 20.4. The number of ether oxygens (including phenoxy) is 3. The maximum Gasteiger partial charge on any atom is 0.410 e. The summed E-state index contributed by atoms with van der Waals surface area (Å²) in [5, 5.41) is 2.83. The Labute approximate surface area is 317 Å². The SMILES string of the molecule is COCC1(S(=O)(=O)NC(=O)[C@@]23C[C@H]2C=C=CCCCCC[C@H](CC(=O)OC(C)(C)C)C(=O)N2C[C@H](OC(=O)N4Cc5ccccc5C4)C[C@H]2C(=O)N3)CC1. The number of nitrogens with one attached hydrogen (secondary N) is 2. The molecule has 15 heteroatoms. The molecule has 4 amide bonds. The first-order chi connectivity index (χ1) is 25.6.